The predicted octanol–water partition coefficient (Wildman–Crippen LogP) is 2.50. The van der Waals surface area contributed by atoms with Crippen LogP contribution in [0.1, 0.15) is 39.5 Å². The predicted molar refractivity (Wildman–Crippen MR) is 66.7 cm³/mol. The van der Waals surface area contributed by atoms with E-state index in [4.69, 9.17) is 4.74 Å². The van der Waals surface area contributed by atoms with Crippen molar-refractivity contribution < 1.29 is 14.3 Å². The van der Waals surface area contributed by atoms with Crippen LogP contribution in [0.4, 0.5) is 0 Å². The monoisotopic (exact) mass is 248 g/mol. The van der Waals surface area contributed by atoms with Crippen LogP contribution in [0.25, 0.3) is 0 Å². The molecule has 4 bridgehead atoms. The van der Waals surface area contributed by atoms with E-state index in [-0.39, 0.29) is 23.4 Å². The molecule has 4 rings (SSSR count). The van der Waals surface area contributed by atoms with E-state index in [1.807, 2.05) is 0 Å². The molecule has 3 nitrogen and oxygen atoms in total. The minimum Gasteiger partial charge on any atom is -0.455 e. The highest BCUT2D eigenvalue weighted by Crippen LogP contribution is 2.58. The van der Waals surface area contributed by atoms with E-state index in [1.165, 1.54) is 0 Å². The van der Waals surface area contributed by atoms with Crippen molar-refractivity contribution in [3.05, 3.63) is 12.2 Å². The third-order valence-electron chi connectivity index (χ3n) is 5.36. The maximum atomic E-state index is 12.0. The maximum absolute atomic E-state index is 12.0. The Hall–Kier alpha value is -1.12. The first kappa shape index (κ1) is 11.9. The third-order valence-corrected chi connectivity index (χ3v) is 5.36. The molecule has 0 aromatic carbocycles. The highest BCUT2D eigenvalue weighted by atomic mass is 16.6. The Morgan fingerprint density at radius 3 is 2.06 bits per heavy atom. The lowest BCUT2D eigenvalue weighted by Gasteiger charge is -2.58. The van der Waals surface area contributed by atoms with Gasteiger partial charge in [-0.2, -0.15) is 0 Å². The molecule has 0 N–H and O–H groups in total. The van der Waals surface area contributed by atoms with E-state index >= 15 is 0 Å². The third kappa shape index (κ3) is 1.49. The van der Waals surface area contributed by atoms with Gasteiger partial charge in [-0.15, -0.1) is 0 Å². The molecule has 0 heterocycles. The minimum absolute atomic E-state index is 0.240. The fraction of sp³-hybridized carbons (Fsp3) is 0.733. The summed E-state index contributed by atoms with van der Waals surface area (Å²) in [5, 5.41) is 0. The summed E-state index contributed by atoms with van der Waals surface area (Å²) in [6.45, 7) is 7.40. The van der Waals surface area contributed by atoms with Gasteiger partial charge in [-0.3, -0.25) is 4.79 Å². The molecule has 4 aliphatic rings. The van der Waals surface area contributed by atoms with E-state index in [2.05, 4.69) is 13.5 Å². The first-order chi connectivity index (χ1) is 8.41. The van der Waals surface area contributed by atoms with Crippen molar-refractivity contribution in [2.75, 3.05) is 0 Å². The van der Waals surface area contributed by atoms with Gasteiger partial charge < -0.3 is 4.74 Å². The number of Topliss-reactive ketones (excluding diaryl/α,β-unsaturated/α-hetero) is 1. The standard InChI is InChI=1S/C15H20O3/c1-8(2)14(17)18-15(3)11-4-9-5-12(15)7-10(6-11)13(9)16/h9-12H,1,4-7H2,2-3H3. The number of ketones is 1. The number of carbonyl (C=O) groups excluding carboxylic acids is 2. The molecule has 0 radical (unpaired) electrons. The molecule has 3 heteroatoms. The molecular weight excluding hydrogens is 228 g/mol. The Labute approximate surface area is 108 Å². The fourth-order valence-electron chi connectivity index (χ4n) is 4.28. The molecule has 4 fully saturated rings. The number of carbonyl (C=O) groups is 2. The lowest BCUT2D eigenvalue weighted by molar-refractivity contribution is -0.198. The van der Waals surface area contributed by atoms with Crippen LogP contribution in [0.15, 0.2) is 12.2 Å². The first-order valence-corrected chi connectivity index (χ1v) is 6.84. The zero-order valence-corrected chi connectivity index (χ0v) is 11.1. The van der Waals surface area contributed by atoms with Gasteiger partial charge in [0.05, 0.1) is 0 Å². The summed E-state index contributed by atoms with van der Waals surface area (Å²) in [7, 11) is 0. The summed E-state index contributed by atoms with van der Waals surface area (Å²) in [6.07, 6.45) is 3.63. The molecule has 0 unspecified atom stereocenters. The van der Waals surface area contributed by atoms with Crippen LogP contribution in [-0.2, 0) is 14.3 Å². The highest BCUT2D eigenvalue weighted by molar-refractivity contribution is 5.88. The summed E-state index contributed by atoms with van der Waals surface area (Å²) in [4.78, 5) is 23.8. The number of hydrogen-bond acceptors (Lipinski definition) is 3. The second kappa shape index (κ2) is 3.69. The molecule has 0 aromatic heterocycles. The van der Waals surface area contributed by atoms with Crippen molar-refractivity contribution in [1.29, 1.82) is 0 Å². The SMILES string of the molecule is C=C(C)C(=O)OC1(C)C2CC3CC1CC(C2)C3=O. The van der Waals surface area contributed by atoms with Crippen LogP contribution >= 0.6 is 0 Å². The Bertz CT molecular complexity index is 403. The molecule has 0 atom stereocenters. The lowest BCUT2D eigenvalue weighted by Crippen LogP contribution is -2.60. The van der Waals surface area contributed by atoms with Crippen molar-refractivity contribution in [1.82, 2.24) is 0 Å². The van der Waals surface area contributed by atoms with Gasteiger partial charge in [0.2, 0.25) is 0 Å². The van der Waals surface area contributed by atoms with E-state index in [9.17, 15) is 9.59 Å². The van der Waals surface area contributed by atoms with Gasteiger partial charge in [0.1, 0.15) is 11.4 Å². The molecule has 18 heavy (non-hydrogen) atoms. The van der Waals surface area contributed by atoms with Crippen molar-refractivity contribution in [3.63, 3.8) is 0 Å². The van der Waals surface area contributed by atoms with Crippen molar-refractivity contribution in [3.8, 4) is 0 Å². The van der Waals surface area contributed by atoms with Gasteiger partial charge >= 0.3 is 5.97 Å². The lowest BCUT2D eigenvalue weighted by atomic mass is 9.50. The quantitative estimate of drug-likeness (QED) is 0.557. The summed E-state index contributed by atoms with van der Waals surface area (Å²) >= 11 is 0. The van der Waals surface area contributed by atoms with Crippen LogP contribution in [0.3, 0.4) is 0 Å². The number of ether oxygens (including phenoxy) is 1. The molecule has 0 aromatic rings. The summed E-state index contributed by atoms with van der Waals surface area (Å²) < 4.78 is 5.76. The topological polar surface area (TPSA) is 43.4 Å². The normalized spacial score (nSPS) is 45.1. The van der Waals surface area contributed by atoms with Gasteiger partial charge in [0, 0.05) is 29.2 Å². The van der Waals surface area contributed by atoms with Crippen LogP contribution in [0.5, 0.6) is 0 Å². The highest BCUT2D eigenvalue weighted by Gasteiger charge is 2.60. The molecule has 98 valence electrons. The zero-order chi connectivity index (χ0) is 13.1. The average molecular weight is 248 g/mol. The molecular formula is C15H20O3. The van der Waals surface area contributed by atoms with Crippen LogP contribution in [-0.4, -0.2) is 17.4 Å². The molecule has 0 amide bonds. The van der Waals surface area contributed by atoms with Gasteiger partial charge in [0.25, 0.3) is 0 Å². The molecule has 0 spiro atoms. The van der Waals surface area contributed by atoms with E-state index in [1.54, 1.807) is 6.92 Å². The van der Waals surface area contributed by atoms with E-state index < -0.39 is 0 Å². The first-order valence-electron chi connectivity index (χ1n) is 6.84. The summed E-state index contributed by atoms with van der Waals surface area (Å²) in [6, 6.07) is 0. The summed E-state index contributed by atoms with van der Waals surface area (Å²) in [5.74, 6) is 1.39. The zero-order valence-electron chi connectivity index (χ0n) is 11.1. The number of esters is 1. The number of hydrogen-bond donors (Lipinski definition) is 0. The van der Waals surface area contributed by atoms with Crippen molar-refractivity contribution in [2.45, 2.75) is 45.1 Å². The van der Waals surface area contributed by atoms with Crippen LogP contribution in [0.2, 0.25) is 0 Å². The summed E-state index contributed by atoms with van der Waals surface area (Å²) in [5.41, 5.74) is 0.0881. The van der Waals surface area contributed by atoms with Crippen molar-refractivity contribution in [2.24, 2.45) is 23.7 Å². The molecule has 0 aliphatic heterocycles. The van der Waals surface area contributed by atoms with Crippen molar-refractivity contribution >= 4 is 11.8 Å². The van der Waals surface area contributed by atoms with Gasteiger partial charge in [-0.25, -0.2) is 4.79 Å². The largest absolute Gasteiger partial charge is 0.455 e. The Morgan fingerprint density at radius 2 is 1.67 bits per heavy atom. The second-order valence-corrected chi connectivity index (χ2v) is 6.49. The average Bonchev–Trinajstić information content (AvgIpc) is 2.26. The van der Waals surface area contributed by atoms with Gasteiger partial charge in [0.15, 0.2) is 0 Å². The minimum atomic E-state index is -0.371. The van der Waals surface area contributed by atoms with Gasteiger partial charge in [-0.05, 0) is 39.5 Å². The molecule has 0 saturated heterocycles. The van der Waals surface area contributed by atoms with E-state index in [0.717, 1.165) is 25.7 Å². The van der Waals surface area contributed by atoms with Gasteiger partial charge in [-0.1, -0.05) is 6.58 Å². The molecule has 4 aliphatic carbocycles. The van der Waals surface area contributed by atoms with E-state index in [0.29, 0.717) is 23.2 Å². The smallest absolute Gasteiger partial charge is 0.333 e. The van der Waals surface area contributed by atoms with Crippen LogP contribution < -0.4 is 0 Å². The fourth-order valence-corrected chi connectivity index (χ4v) is 4.28. The molecule has 4 saturated carbocycles. The second-order valence-electron chi connectivity index (χ2n) is 6.49. The number of rotatable bonds is 2. The maximum Gasteiger partial charge on any atom is 0.333 e. The van der Waals surface area contributed by atoms with Crippen LogP contribution in [0, 0.1) is 23.7 Å². The Kier molecular flexibility index (Phi) is 2.45. The Balaban J connectivity index is 1.85. The Morgan fingerprint density at radius 1 is 1.22 bits per heavy atom.